The maximum absolute atomic E-state index is 12.3. The van der Waals surface area contributed by atoms with Crippen LogP contribution in [0.2, 0.25) is 0 Å². The second-order valence-electron chi connectivity index (χ2n) is 5.44. The largest absolute Gasteiger partial charge is 0.493 e. The van der Waals surface area contributed by atoms with E-state index in [1.165, 1.54) is 7.11 Å². The third kappa shape index (κ3) is 3.44. The van der Waals surface area contributed by atoms with Gasteiger partial charge in [-0.05, 0) is 25.1 Å². The summed E-state index contributed by atoms with van der Waals surface area (Å²) in [5.41, 5.74) is 1.10. The van der Waals surface area contributed by atoms with E-state index in [1.807, 2.05) is 30.3 Å². The van der Waals surface area contributed by atoms with E-state index in [-0.39, 0.29) is 19.0 Å². The number of hydrogen-bond donors (Lipinski definition) is 0. The highest BCUT2D eigenvalue weighted by Crippen LogP contribution is 2.37. The van der Waals surface area contributed by atoms with Gasteiger partial charge in [-0.1, -0.05) is 18.2 Å². The summed E-state index contributed by atoms with van der Waals surface area (Å²) in [6.45, 7) is 2.15. The Morgan fingerprint density at radius 1 is 1.04 bits per heavy atom. The van der Waals surface area contributed by atoms with Gasteiger partial charge in [-0.2, -0.15) is 0 Å². The molecule has 1 aromatic heterocycles. The zero-order chi connectivity index (χ0) is 18.5. The number of benzene rings is 2. The molecule has 0 unspecified atom stereocenters. The molecule has 2 aromatic carbocycles. The number of carbonyl (C=O) groups is 1. The van der Waals surface area contributed by atoms with Gasteiger partial charge in [-0.3, -0.25) is 0 Å². The highest BCUT2D eigenvalue weighted by Gasteiger charge is 2.24. The van der Waals surface area contributed by atoms with Crippen molar-refractivity contribution in [2.75, 3.05) is 20.8 Å². The fourth-order valence-corrected chi connectivity index (χ4v) is 2.65. The van der Waals surface area contributed by atoms with Crippen molar-refractivity contribution in [1.29, 1.82) is 0 Å². The molecule has 6 nitrogen and oxygen atoms in total. The molecule has 136 valence electrons. The predicted molar refractivity (Wildman–Crippen MR) is 96.0 cm³/mol. The van der Waals surface area contributed by atoms with Gasteiger partial charge in [0, 0.05) is 11.5 Å². The van der Waals surface area contributed by atoms with Gasteiger partial charge in [0.2, 0.25) is 5.76 Å². The number of carbonyl (C=O) groups excluding carboxylic acids is 1. The molecule has 0 aliphatic rings. The normalized spacial score (nSPS) is 10.6. The molecule has 0 radical (unpaired) electrons. The van der Waals surface area contributed by atoms with Gasteiger partial charge < -0.3 is 23.4 Å². The van der Waals surface area contributed by atoms with E-state index < -0.39 is 5.97 Å². The number of para-hydroxylation sites is 1. The lowest BCUT2D eigenvalue weighted by Gasteiger charge is -2.08. The van der Waals surface area contributed by atoms with Crippen LogP contribution in [0.5, 0.6) is 17.2 Å². The molecule has 0 aliphatic heterocycles. The van der Waals surface area contributed by atoms with Crippen LogP contribution in [0.1, 0.15) is 23.0 Å². The van der Waals surface area contributed by atoms with Gasteiger partial charge in [0.25, 0.3) is 0 Å². The van der Waals surface area contributed by atoms with Crippen molar-refractivity contribution < 1.29 is 28.2 Å². The molecule has 1 heterocycles. The Bertz CT molecular complexity index is 898. The van der Waals surface area contributed by atoms with Gasteiger partial charge in [0.05, 0.1) is 26.4 Å². The first-order valence-corrected chi connectivity index (χ1v) is 8.20. The average molecular weight is 356 g/mol. The molecule has 0 spiro atoms. The molecule has 0 saturated carbocycles. The van der Waals surface area contributed by atoms with Crippen molar-refractivity contribution in [3.63, 3.8) is 0 Å². The first kappa shape index (κ1) is 17.7. The van der Waals surface area contributed by atoms with Crippen LogP contribution < -0.4 is 14.2 Å². The van der Waals surface area contributed by atoms with Crippen molar-refractivity contribution in [2.24, 2.45) is 0 Å². The monoisotopic (exact) mass is 356 g/mol. The van der Waals surface area contributed by atoms with Crippen molar-refractivity contribution in [2.45, 2.75) is 13.5 Å². The quantitative estimate of drug-likeness (QED) is 0.591. The van der Waals surface area contributed by atoms with Crippen LogP contribution in [0.15, 0.2) is 46.9 Å². The summed E-state index contributed by atoms with van der Waals surface area (Å²) in [5.74, 6) is 1.33. The van der Waals surface area contributed by atoms with Gasteiger partial charge in [-0.25, -0.2) is 4.79 Å². The van der Waals surface area contributed by atoms with Gasteiger partial charge >= 0.3 is 5.97 Å². The van der Waals surface area contributed by atoms with Gasteiger partial charge in [0.1, 0.15) is 17.9 Å². The number of rotatable bonds is 7. The zero-order valence-corrected chi connectivity index (χ0v) is 14.9. The van der Waals surface area contributed by atoms with Crippen LogP contribution in [-0.2, 0) is 11.3 Å². The maximum atomic E-state index is 12.3. The van der Waals surface area contributed by atoms with Gasteiger partial charge in [-0.15, -0.1) is 0 Å². The number of methoxy groups -OCH3 is 2. The minimum Gasteiger partial charge on any atom is -0.493 e. The van der Waals surface area contributed by atoms with Crippen molar-refractivity contribution in [1.82, 2.24) is 0 Å². The molecule has 0 aliphatic carbocycles. The van der Waals surface area contributed by atoms with E-state index in [0.717, 1.165) is 0 Å². The Labute approximate surface area is 151 Å². The topological polar surface area (TPSA) is 67.1 Å². The Morgan fingerprint density at radius 3 is 2.38 bits per heavy atom. The van der Waals surface area contributed by atoms with Crippen LogP contribution in [0.4, 0.5) is 0 Å². The second-order valence-corrected chi connectivity index (χ2v) is 5.44. The summed E-state index contributed by atoms with van der Waals surface area (Å²) >= 11 is 0. The van der Waals surface area contributed by atoms with E-state index in [0.29, 0.717) is 33.8 Å². The zero-order valence-electron chi connectivity index (χ0n) is 14.9. The molecule has 3 aromatic rings. The van der Waals surface area contributed by atoms with Crippen molar-refractivity contribution in [3.8, 4) is 17.2 Å². The highest BCUT2D eigenvalue weighted by molar-refractivity contribution is 5.97. The number of fused-ring (bicyclic) bond motifs is 1. The molecule has 0 atom stereocenters. The first-order valence-electron chi connectivity index (χ1n) is 8.20. The number of esters is 1. The molecular formula is C20H20O6. The lowest BCUT2D eigenvalue weighted by atomic mass is 10.1. The first-order chi connectivity index (χ1) is 12.7. The fraction of sp³-hybridized carbons (Fsp3) is 0.250. The minimum absolute atomic E-state index is 0.119. The fourth-order valence-electron chi connectivity index (χ4n) is 2.65. The van der Waals surface area contributed by atoms with Gasteiger partial charge in [0.15, 0.2) is 11.5 Å². The molecular weight excluding hydrogens is 336 g/mol. The van der Waals surface area contributed by atoms with Crippen LogP contribution in [-0.4, -0.2) is 26.8 Å². The molecule has 3 rings (SSSR count). The smallest absolute Gasteiger partial charge is 0.374 e. The molecule has 0 amide bonds. The minimum atomic E-state index is -0.534. The summed E-state index contributed by atoms with van der Waals surface area (Å²) in [5, 5.41) is 0.710. The second kappa shape index (κ2) is 7.82. The molecule has 0 fully saturated rings. The van der Waals surface area contributed by atoms with E-state index in [9.17, 15) is 4.79 Å². The standard InChI is InChI=1S/C20H20O6/c1-4-24-20(21)19-15(12-25-13-8-6-5-7-9-13)14-10-17(22-2)18(23-3)11-16(14)26-19/h5-11H,4,12H2,1-3H3. The van der Waals surface area contributed by atoms with E-state index >= 15 is 0 Å². The van der Waals surface area contributed by atoms with Crippen LogP contribution in [0, 0.1) is 0 Å². The highest BCUT2D eigenvalue weighted by atomic mass is 16.5. The maximum Gasteiger partial charge on any atom is 0.374 e. The third-order valence-corrected chi connectivity index (χ3v) is 3.88. The van der Waals surface area contributed by atoms with Crippen LogP contribution >= 0.6 is 0 Å². The van der Waals surface area contributed by atoms with E-state index in [2.05, 4.69) is 0 Å². The summed E-state index contributed by atoms with van der Waals surface area (Å²) in [6, 6.07) is 12.8. The number of ether oxygens (including phenoxy) is 4. The molecule has 6 heteroatoms. The summed E-state index contributed by atoms with van der Waals surface area (Å²) in [7, 11) is 3.09. The van der Waals surface area contributed by atoms with E-state index in [1.54, 1.807) is 26.2 Å². The van der Waals surface area contributed by atoms with E-state index in [4.69, 9.17) is 23.4 Å². The predicted octanol–water partition coefficient (Wildman–Crippen LogP) is 4.21. The Kier molecular flexibility index (Phi) is 5.31. The number of hydrogen-bond acceptors (Lipinski definition) is 6. The Balaban J connectivity index is 2.06. The van der Waals surface area contributed by atoms with Crippen molar-refractivity contribution in [3.05, 3.63) is 53.8 Å². The lowest BCUT2D eigenvalue weighted by molar-refractivity contribution is 0.0488. The average Bonchev–Trinajstić information content (AvgIpc) is 3.03. The third-order valence-electron chi connectivity index (χ3n) is 3.88. The molecule has 26 heavy (non-hydrogen) atoms. The summed E-state index contributed by atoms with van der Waals surface area (Å²) in [6.07, 6.45) is 0. The molecule has 0 bridgehead atoms. The molecule has 0 saturated heterocycles. The van der Waals surface area contributed by atoms with Crippen LogP contribution in [0.25, 0.3) is 11.0 Å². The number of furan rings is 1. The summed E-state index contributed by atoms with van der Waals surface area (Å²) < 4.78 is 27.3. The van der Waals surface area contributed by atoms with Crippen molar-refractivity contribution >= 4 is 16.9 Å². The SMILES string of the molecule is CCOC(=O)c1oc2cc(OC)c(OC)cc2c1COc1ccccc1. The Hall–Kier alpha value is -3.15. The summed E-state index contributed by atoms with van der Waals surface area (Å²) in [4.78, 5) is 12.3. The lowest BCUT2D eigenvalue weighted by Crippen LogP contribution is -2.08. The Morgan fingerprint density at radius 2 is 1.73 bits per heavy atom. The van der Waals surface area contributed by atoms with Crippen LogP contribution in [0.3, 0.4) is 0 Å². The molecule has 0 N–H and O–H groups in total.